The molecule has 0 saturated carbocycles. The highest BCUT2D eigenvalue weighted by molar-refractivity contribution is 7.89. The molecule has 3 aromatic rings. The van der Waals surface area contributed by atoms with Gasteiger partial charge in [0.05, 0.1) is 30.7 Å². The first kappa shape index (κ1) is 19.5. The number of sulfonamides is 1. The molecular formula is C20H25N3O3S. The van der Waals surface area contributed by atoms with Gasteiger partial charge in [0.15, 0.2) is 0 Å². The van der Waals surface area contributed by atoms with Crippen molar-refractivity contribution in [2.45, 2.75) is 26.5 Å². The highest BCUT2D eigenvalue weighted by Gasteiger charge is 2.10. The maximum Gasteiger partial charge on any atom is 0.213 e. The molecule has 27 heavy (non-hydrogen) atoms. The van der Waals surface area contributed by atoms with E-state index in [1.54, 1.807) is 0 Å². The van der Waals surface area contributed by atoms with Crippen LogP contribution >= 0.6 is 0 Å². The predicted octanol–water partition coefficient (Wildman–Crippen LogP) is 2.87. The van der Waals surface area contributed by atoms with Gasteiger partial charge in [-0.15, -0.1) is 0 Å². The molecule has 3 rings (SSSR count). The summed E-state index contributed by atoms with van der Waals surface area (Å²) in [7, 11) is -3.33. The van der Waals surface area contributed by atoms with Crippen LogP contribution in [0.2, 0.25) is 0 Å². The van der Waals surface area contributed by atoms with E-state index in [4.69, 9.17) is 4.74 Å². The molecule has 0 radical (unpaired) electrons. The molecule has 0 bridgehead atoms. The van der Waals surface area contributed by atoms with E-state index in [1.807, 2.05) is 54.2 Å². The average Bonchev–Trinajstić information content (AvgIpc) is 3.05. The number of hydrogen-bond donors (Lipinski definition) is 1. The first-order valence-electron chi connectivity index (χ1n) is 9.05. The Morgan fingerprint density at radius 2 is 1.96 bits per heavy atom. The third-order valence-corrected chi connectivity index (χ3v) is 5.62. The lowest BCUT2D eigenvalue weighted by atomic mass is 10.2. The van der Waals surface area contributed by atoms with E-state index in [9.17, 15) is 8.42 Å². The standard InChI is InChI=1S/C20H25N3O3S/c1-17-8-9-19-15-21-23(20(19)14-17)11-5-10-22-27(24,25)13-12-26-16-18-6-3-2-4-7-18/h2-4,6-9,14-15,22H,5,10-13,16H2,1H3. The van der Waals surface area contributed by atoms with Gasteiger partial charge in [0.25, 0.3) is 0 Å². The van der Waals surface area contributed by atoms with E-state index in [0.717, 1.165) is 16.5 Å². The van der Waals surface area contributed by atoms with Gasteiger partial charge in [0.2, 0.25) is 10.0 Å². The minimum Gasteiger partial charge on any atom is -0.376 e. The van der Waals surface area contributed by atoms with Crippen molar-refractivity contribution in [1.29, 1.82) is 0 Å². The topological polar surface area (TPSA) is 73.2 Å². The van der Waals surface area contributed by atoms with E-state index < -0.39 is 10.0 Å². The Bertz CT molecular complexity index is 969. The van der Waals surface area contributed by atoms with E-state index in [1.165, 1.54) is 5.56 Å². The minimum absolute atomic E-state index is 0.0380. The number of fused-ring (bicyclic) bond motifs is 1. The molecule has 1 N–H and O–H groups in total. The number of aryl methyl sites for hydroxylation is 2. The molecule has 0 atom stereocenters. The molecule has 0 aliphatic carbocycles. The van der Waals surface area contributed by atoms with E-state index in [2.05, 4.69) is 22.0 Å². The number of nitrogens with zero attached hydrogens (tertiary/aromatic N) is 2. The highest BCUT2D eigenvalue weighted by Crippen LogP contribution is 2.15. The van der Waals surface area contributed by atoms with Crippen molar-refractivity contribution in [2.75, 3.05) is 18.9 Å². The molecule has 0 unspecified atom stereocenters. The van der Waals surface area contributed by atoms with Crippen LogP contribution < -0.4 is 4.72 Å². The fraction of sp³-hybridized carbons (Fsp3) is 0.350. The van der Waals surface area contributed by atoms with Gasteiger partial charge in [-0.25, -0.2) is 13.1 Å². The number of aromatic nitrogens is 2. The lowest BCUT2D eigenvalue weighted by molar-refractivity contribution is 0.135. The summed E-state index contributed by atoms with van der Waals surface area (Å²) in [4.78, 5) is 0. The van der Waals surface area contributed by atoms with Crippen LogP contribution in [0, 0.1) is 6.92 Å². The summed E-state index contributed by atoms with van der Waals surface area (Å²) in [5, 5.41) is 5.47. The molecule has 1 heterocycles. The summed E-state index contributed by atoms with van der Waals surface area (Å²) in [6, 6.07) is 15.9. The summed E-state index contributed by atoms with van der Waals surface area (Å²) in [6.07, 6.45) is 2.51. The fourth-order valence-corrected chi connectivity index (χ4v) is 3.76. The molecule has 7 heteroatoms. The number of hydrogen-bond acceptors (Lipinski definition) is 4. The molecule has 0 spiro atoms. The third kappa shape index (κ3) is 5.89. The summed E-state index contributed by atoms with van der Waals surface area (Å²) in [5.74, 6) is -0.0380. The van der Waals surface area contributed by atoms with E-state index in [0.29, 0.717) is 26.1 Å². The second-order valence-corrected chi connectivity index (χ2v) is 8.46. The van der Waals surface area contributed by atoms with E-state index >= 15 is 0 Å². The van der Waals surface area contributed by atoms with Gasteiger partial charge >= 0.3 is 0 Å². The van der Waals surface area contributed by atoms with Gasteiger partial charge < -0.3 is 4.74 Å². The molecule has 6 nitrogen and oxygen atoms in total. The van der Waals surface area contributed by atoms with Crippen molar-refractivity contribution < 1.29 is 13.2 Å². The van der Waals surface area contributed by atoms with Crippen LogP contribution in [-0.2, 0) is 27.9 Å². The maximum atomic E-state index is 12.0. The maximum absolute atomic E-state index is 12.0. The molecule has 144 valence electrons. The zero-order valence-corrected chi connectivity index (χ0v) is 16.3. The van der Waals surface area contributed by atoms with Crippen molar-refractivity contribution in [2.24, 2.45) is 0 Å². The van der Waals surface area contributed by atoms with Gasteiger partial charge in [0.1, 0.15) is 0 Å². The SMILES string of the molecule is Cc1ccc2cnn(CCCNS(=O)(=O)CCOCc3ccccc3)c2c1. The van der Waals surface area contributed by atoms with Gasteiger partial charge in [-0.3, -0.25) is 4.68 Å². The van der Waals surface area contributed by atoms with Crippen LogP contribution in [0.5, 0.6) is 0 Å². The van der Waals surface area contributed by atoms with Gasteiger partial charge in [-0.1, -0.05) is 42.5 Å². The van der Waals surface area contributed by atoms with Crippen LogP contribution in [0.3, 0.4) is 0 Å². The molecular weight excluding hydrogens is 362 g/mol. The smallest absolute Gasteiger partial charge is 0.213 e. The number of nitrogens with one attached hydrogen (secondary N) is 1. The minimum atomic E-state index is -3.33. The third-order valence-electron chi connectivity index (χ3n) is 4.28. The van der Waals surface area contributed by atoms with Gasteiger partial charge in [0, 0.05) is 18.5 Å². The Kier molecular flexibility index (Phi) is 6.60. The molecule has 0 aliphatic heterocycles. The molecule has 2 aromatic carbocycles. The summed E-state index contributed by atoms with van der Waals surface area (Å²) < 4.78 is 34.1. The van der Waals surface area contributed by atoms with Crippen LogP contribution in [0.15, 0.2) is 54.7 Å². The monoisotopic (exact) mass is 387 g/mol. The Labute approximate surface area is 160 Å². The predicted molar refractivity (Wildman–Crippen MR) is 107 cm³/mol. The Balaban J connectivity index is 1.38. The second kappa shape index (κ2) is 9.12. The van der Waals surface area contributed by atoms with Crippen molar-refractivity contribution in [3.05, 3.63) is 65.9 Å². The molecule has 0 fully saturated rings. The van der Waals surface area contributed by atoms with Gasteiger partial charge in [-0.2, -0.15) is 5.10 Å². The quantitative estimate of drug-likeness (QED) is 0.543. The normalized spacial score (nSPS) is 11.9. The average molecular weight is 388 g/mol. The summed E-state index contributed by atoms with van der Waals surface area (Å²) >= 11 is 0. The lowest BCUT2D eigenvalue weighted by Gasteiger charge is -2.08. The largest absolute Gasteiger partial charge is 0.376 e. The Morgan fingerprint density at radius 1 is 1.15 bits per heavy atom. The first-order chi connectivity index (χ1) is 13.0. The Hall–Kier alpha value is -2.22. The van der Waals surface area contributed by atoms with Crippen LogP contribution in [0.25, 0.3) is 10.9 Å². The molecule has 0 amide bonds. The first-order valence-corrected chi connectivity index (χ1v) is 10.7. The molecule has 0 saturated heterocycles. The fourth-order valence-electron chi connectivity index (χ4n) is 2.82. The van der Waals surface area contributed by atoms with Crippen LogP contribution in [0.1, 0.15) is 17.5 Å². The lowest BCUT2D eigenvalue weighted by Crippen LogP contribution is -2.29. The highest BCUT2D eigenvalue weighted by atomic mass is 32.2. The number of ether oxygens (including phenoxy) is 1. The van der Waals surface area contributed by atoms with Crippen molar-refractivity contribution >= 4 is 20.9 Å². The second-order valence-electron chi connectivity index (χ2n) is 6.53. The Morgan fingerprint density at radius 3 is 2.78 bits per heavy atom. The van der Waals surface area contributed by atoms with Crippen molar-refractivity contribution in [3.63, 3.8) is 0 Å². The summed E-state index contributed by atoms with van der Waals surface area (Å²) in [6.45, 7) is 3.69. The zero-order valence-electron chi connectivity index (χ0n) is 15.5. The van der Waals surface area contributed by atoms with Crippen LogP contribution in [-0.4, -0.2) is 37.1 Å². The van der Waals surface area contributed by atoms with Crippen molar-refractivity contribution in [1.82, 2.24) is 14.5 Å². The summed E-state index contributed by atoms with van der Waals surface area (Å²) in [5.41, 5.74) is 3.29. The van der Waals surface area contributed by atoms with E-state index in [-0.39, 0.29) is 12.4 Å². The number of rotatable bonds is 10. The van der Waals surface area contributed by atoms with Crippen molar-refractivity contribution in [3.8, 4) is 0 Å². The zero-order chi connectivity index (χ0) is 19.1. The van der Waals surface area contributed by atoms with Gasteiger partial charge in [-0.05, 0) is 30.5 Å². The number of benzene rings is 2. The molecule has 1 aromatic heterocycles. The molecule has 0 aliphatic rings. The van der Waals surface area contributed by atoms with Crippen LogP contribution in [0.4, 0.5) is 0 Å².